The number of rotatable bonds is 2. The van der Waals surface area contributed by atoms with Gasteiger partial charge in [-0.25, -0.2) is 4.68 Å². The summed E-state index contributed by atoms with van der Waals surface area (Å²) < 4.78 is 40.8. The van der Waals surface area contributed by atoms with Crippen LogP contribution in [0.2, 0.25) is 0 Å². The highest BCUT2D eigenvalue weighted by Crippen LogP contribution is 2.35. The summed E-state index contributed by atoms with van der Waals surface area (Å²) in [6.07, 6.45) is -4.47. The molecule has 3 rings (SSSR count). The maximum absolute atomic E-state index is 13.2. The van der Waals surface area contributed by atoms with E-state index in [1.807, 2.05) is 0 Å². The Kier molecular flexibility index (Phi) is 3.60. The number of aromatic nitrogens is 2. The molecule has 6 heteroatoms. The predicted molar refractivity (Wildman–Crippen MR) is 80.4 cm³/mol. The van der Waals surface area contributed by atoms with Gasteiger partial charge in [0, 0.05) is 11.3 Å². The molecule has 0 atom stereocenters. The Balaban J connectivity index is 2.16. The summed E-state index contributed by atoms with van der Waals surface area (Å²) in [5, 5.41) is 14.1. The molecule has 1 heterocycles. The first-order valence-electron chi connectivity index (χ1n) is 6.89. The van der Waals surface area contributed by atoms with Gasteiger partial charge in [0.05, 0.1) is 16.9 Å². The average molecular weight is 318 g/mol. The average Bonchev–Trinajstić information content (AvgIpc) is 2.88. The highest BCUT2D eigenvalue weighted by Gasteiger charge is 2.34. The normalized spacial score (nSPS) is 11.7. The van der Waals surface area contributed by atoms with Crippen molar-refractivity contribution in [3.63, 3.8) is 0 Å². The van der Waals surface area contributed by atoms with Gasteiger partial charge in [0.25, 0.3) is 0 Å². The van der Waals surface area contributed by atoms with Crippen LogP contribution in [0.15, 0.2) is 54.6 Å². The Labute approximate surface area is 130 Å². The molecule has 23 heavy (non-hydrogen) atoms. The van der Waals surface area contributed by atoms with E-state index in [0.29, 0.717) is 17.0 Å². The van der Waals surface area contributed by atoms with Crippen molar-refractivity contribution in [3.8, 4) is 22.7 Å². The van der Waals surface area contributed by atoms with E-state index in [2.05, 4.69) is 5.10 Å². The molecule has 0 amide bonds. The molecule has 1 aromatic heterocycles. The fraction of sp³-hybridized carbons (Fsp3) is 0.118. The van der Waals surface area contributed by atoms with Gasteiger partial charge in [-0.1, -0.05) is 24.3 Å². The SMILES string of the molecule is Cc1cc(-c2ccccc2O)nn1-c1ccccc1C(F)(F)F. The number of aryl methyl sites for hydroxylation is 1. The molecule has 0 saturated heterocycles. The highest BCUT2D eigenvalue weighted by atomic mass is 19.4. The summed E-state index contributed by atoms with van der Waals surface area (Å²) >= 11 is 0. The number of alkyl halides is 3. The number of benzene rings is 2. The van der Waals surface area contributed by atoms with Crippen molar-refractivity contribution in [2.45, 2.75) is 13.1 Å². The van der Waals surface area contributed by atoms with Crippen molar-refractivity contribution >= 4 is 0 Å². The van der Waals surface area contributed by atoms with E-state index < -0.39 is 11.7 Å². The summed E-state index contributed by atoms with van der Waals surface area (Å²) in [5.41, 5.74) is 0.630. The number of aromatic hydroxyl groups is 1. The zero-order valence-electron chi connectivity index (χ0n) is 12.2. The summed E-state index contributed by atoms with van der Waals surface area (Å²) in [6, 6.07) is 13.5. The minimum Gasteiger partial charge on any atom is -0.507 e. The Morgan fingerprint density at radius 3 is 2.35 bits per heavy atom. The molecule has 3 aromatic rings. The lowest BCUT2D eigenvalue weighted by Crippen LogP contribution is -2.12. The molecule has 0 unspecified atom stereocenters. The van der Waals surface area contributed by atoms with E-state index in [9.17, 15) is 18.3 Å². The number of hydrogen-bond acceptors (Lipinski definition) is 2. The van der Waals surface area contributed by atoms with Gasteiger partial charge in [-0.3, -0.25) is 0 Å². The minimum absolute atomic E-state index is 0.0289. The molecule has 0 fully saturated rings. The van der Waals surface area contributed by atoms with E-state index >= 15 is 0 Å². The number of para-hydroxylation sites is 2. The Hall–Kier alpha value is -2.76. The van der Waals surface area contributed by atoms with Gasteiger partial charge in [0.15, 0.2) is 0 Å². The van der Waals surface area contributed by atoms with Crippen molar-refractivity contribution in [1.82, 2.24) is 9.78 Å². The smallest absolute Gasteiger partial charge is 0.418 e. The summed E-state index contributed by atoms with van der Waals surface area (Å²) in [7, 11) is 0. The molecule has 2 aromatic carbocycles. The third kappa shape index (κ3) is 2.79. The van der Waals surface area contributed by atoms with Crippen LogP contribution < -0.4 is 0 Å². The maximum atomic E-state index is 13.2. The second-order valence-electron chi connectivity index (χ2n) is 5.11. The second-order valence-corrected chi connectivity index (χ2v) is 5.11. The van der Waals surface area contributed by atoms with E-state index in [-0.39, 0.29) is 11.4 Å². The quantitative estimate of drug-likeness (QED) is 0.751. The topological polar surface area (TPSA) is 38.1 Å². The van der Waals surface area contributed by atoms with E-state index in [0.717, 1.165) is 6.07 Å². The van der Waals surface area contributed by atoms with Gasteiger partial charge in [-0.2, -0.15) is 18.3 Å². The van der Waals surface area contributed by atoms with Crippen LogP contribution in [-0.4, -0.2) is 14.9 Å². The molecular formula is C17H13F3N2O. The number of phenolic OH excluding ortho intramolecular Hbond substituents is 1. The monoisotopic (exact) mass is 318 g/mol. The molecule has 0 spiro atoms. The number of halogens is 3. The highest BCUT2D eigenvalue weighted by molar-refractivity contribution is 5.67. The fourth-order valence-electron chi connectivity index (χ4n) is 2.44. The first-order valence-corrected chi connectivity index (χ1v) is 6.89. The van der Waals surface area contributed by atoms with Crippen molar-refractivity contribution < 1.29 is 18.3 Å². The largest absolute Gasteiger partial charge is 0.507 e. The lowest BCUT2D eigenvalue weighted by atomic mass is 10.1. The van der Waals surface area contributed by atoms with E-state index in [1.165, 1.54) is 28.9 Å². The van der Waals surface area contributed by atoms with Crippen LogP contribution in [-0.2, 0) is 6.18 Å². The molecule has 0 radical (unpaired) electrons. The maximum Gasteiger partial charge on any atom is 0.418 e. The molecule has 3 nitrogen and oxygen atoms in total. The van der Waals surface area contributed by atoms with Crippen LogP contribution in [0.25, 0.3) is 16.9 Å². The van der Waals surface area contributed by atoms with Crippen LogP contribution in [0.5, 0.6) is 5.75 Å². The molecular weight excluding hydrogens is 305 g/mol. The van der Waals surface area contributed by atoms with Crippen molar-refractivity contribution in [2.75, 3.05) is 0 Å². The third-order valence-corrected chi connectivity index (χ3v) is 3.51. The molecule has 0 bridgehead atoms. The van der Waals surface area contributed by atoms with Crippen LogP contribution in [0.1, 0.15) is 11.3 Å². The van der Waals surface area contributed by atoms with Gasteiger partial charge in [0.2, 0.25) is 0 Å². The molecule has 118 valence electrons. The molecule has 0 saturated carbocycles. The van der Waals surface area contributed by atoms with Gasteiger partial charge >= 0.3 is 6.18 Å². The van der Waals surface area contributed by atoms with Gasteiger partial charge < -0.3 is 5.11 Å². The Bertz CT molecular complexity index is 853. The van der Waals surface area contributed by atoms with Crippen LogP contribution in [0.3, 0.4) is 0 Å². The first-order chi connectivity index (χ1) is 10.9. The van der Waals surface area contributed by atoms with Crippen LogP contribution in [0, 0.1) is 6.92 Å². The minimum atomic E-state index is -4.47. The number of nitrogens with zero attached hydrogens (tertiary/aromatic N) is 2. The number of phenols is 1. The molecule has 0 aliphatic rings. The summed E-state index contributed by atoms with van der Waals surface area (Å²) in [6.45, 7) is 1.67. The van der Waals surface area contributed by atoms with E-state index in [1.54, 1.807) is 31.2 Å². The van der Waals surface area contributed by atoms with Gasteiger partial charge in [-0.15, -0.1) is 0 Å². The molecule has 0 aliphatic heterocycles. The van der Waals surface area contributed by atoms with Crippen molar-refractivity contribution in [1.29, 1.82) is 0 Å². The van der Waals surface area contributed by atoms with Gasteiger partial charge in [-0.05, 0) is 37.3 Å². The van der Waals surface area contributed by atoms with Crippen LogP contribution in [0.4, 0.5) is 13.2 Å². The summed E-state index contributed by atoms with van der Waals surface area (Å²) in [5.74, 6) is 0.0289. The van der Waals surface area contributed by atoms with Gasteiger partial charge in [0.1, 0.15) is 5.75 Å². The van der Waals surface area contributed by atoms with Crippen LogP contribution >= 0.6 is 0 Å². The Morgan fingerprint density at radius 2 is 1.65 bits per heavy atom. The molecule has 1 N–H and O–H groups in total. The lowest BCUT2D eigenvalue weighted by molar-refractivity contribution is -0.137. The molecule has 0 aliphatic carbocycles. The first kappa shape index (κ1) is 15.1. The Morgan fingerprint density at radius 1 is 1.00 bits per heavy atom. The predicted octanol–water partition coefficient (Wildman–Crippen LogP) is 4.57. The van der Waals surface area contributed by atoms with Crippen molar-refractivity contribution in [3.05, 3.63) is 65.9 Å². The number of hydrogen-bond donors (Lipinski definition) is 1. The third-order valence-electron chi connectivity index (χ3n) is 3.51. The zero-order valence-corrected chi connectivity index (χ0v) is 12.2. The van der Waals surface area contributed by atoms with E-state index in [4.69, 9.17) is 0 Å². The summed E-state index contributed by atoms with van der Waals surface area (Å²) in [4.78, 5) is 0. The fourth-order valence-corrected chi connectivity index (χ4v) is 2.44. The zero-order chi connectivity index (χ0) is 16.6. The standard InChI is InChI=1S/C17H13F3N2O/c1-11-10-14(12-6-2-5-9-16(12)23)21-22(11)15-8-4-3-7-13(15)17(18,19)20/h2-10,23H,1H3. The van der Waals surface area contributed by atoms with Crippen molar-refractivity contribution in [2.24, 2.45) is 0 Å². The second kappa shape index (κ2) is 5.46. The lowest BCUT2D eigenvalue weighted by Gasteiger charge is -2.13.